The lowest BCUT2D eigenvalue weighted by atomic mass is 9.85. The largest absolute Gasteiger partial charge is 0.480 e. The zero-order valence-corrected chi connectivity index (χ0v) is 16.0. The molecule has 2 saturated heterocycles. The van der Waals surface area contributed by atoms with E-state index in [1.165, 1.54) is 24.2 Å². The SMILES string of the molecule is COC(=O)C=CCC1C(=O)N2C1CC(Cl)(S(=O)c1ccccc1)C2C(=O)O. The zero-order valence-electron chi connectivity index (χ0n) is 14.4. The van der Waals surface area contributed by atoms with E-state index in [1.807, 2.05) is 0 Å². The molecular formula is C18H18ClNO6S. The molecule has 0 aromatic heterocycles. The predicted molar refractivity (Wildman–Crippen MR) is 97.4 cm³/mol. The van der Waals surface area contributed by atoms with E-state index in [4.69, 9.17) is 11.6 Å². The topological polar surface area (TPSA) is 101 Å². The maximum absolute atomic E-state index is 13.1. The number of hydrogen-bond acceptors (Lipinski definition) is 5. The molecule has 0 radical (unpaired) electrons. The molecule has 2 aliphatic rings. The number of esters is 1. The highest BCUT2D eigenvalue weighted by molar-refractivity contribution is 7.88. The monoisotopic (exact) mass is 411 g/mol. The number of benzene rings is 1. The van der Waals surface area contributed by atoms with E-state index in [2.05, 4.69) is 4.74 Å². The molecule has 0 bridgehead atoms. The highest BCUT2D eigenvalue weighted by Crippen LogP contribution is 2.51. The van der Waals surface area contributed by atoms with Gasteiger partial charge in [0.15, 0.2) is 10.2 Å². The second-order valence-corrected chi connectivity index (χ2v) is 9.03. The van der Waals surface area contributed by atoms with Gasteiger partial charge in [0, 0.05) is 23.4 Å². The number of amides is 1. The summed E-state index contributed by atoms with van der Waals surface area (Å²) in [7, 11) is -0.574. The molecule has 144 valence electrons. The molecule has 3 rings (SSSR count). The summed E-state index contributed by atoms with van der Waals surface area (Å²) in [6.07, 6.45) is 3.08. The average molecular weight is 412 g/mol. The molecule has 7 nitrogen and oxygen atoms in total. The second kappa shape index (κ2) is 7.44. The fourth-order valence-electron chi connectivity index (χ4n) is 3.65. The van der Waals surface area contributed by atoms with Crippen LogP contribution in [0, 0.1) is 5.92 Å². The van der Waals surface area contributed by atoms with Crippen LogP contribution in [0.15, 0.2) is 47.4 Å². The van der Waals surface area contributed by atoms with E-state index in [0.717, 1.165) is 0 Å². The third-order valence-corrected chi connectivity index (χ3v) is 7.40. The van der Waals surface area contributed by atoms with Crippen molar-refractivity contribution in [3.8, 4) is 0 Å². The predicted octanol–water partition coefficient (Wildman–Crippen LogP) is 1.53. The van der Waals surface area contributed by atoms with E-state index in [9.17, 15) is 23.7 Å². The van der Waals surface area contributed by atoms with Crippen molar-refractivity contribution in [2.75, 3.05) is 7.11 Å². The summed E-state index contributed by atoms with van der Waals surface area (Å²) < 4.78 is 15.9. The molecule has 27 heavy (non-hydrogen) atoms. The fourth-order valence-corrected chi connectivity index (χ4v) is 5.81. The normalized spacial score (nSPS) is 30.7. The first-order chi connectivity index (χ1) is 12.8. The minimum atomic E-state index is -1.82. The number of nitrogens with zero attached hydrogens (tertiary/aromatic N) is 1. The molecule has 0 saturated carbocycles. The lowest BCUT2D eigenvalue weighted by Gasteiger charge is -2.44. The molecule has 1 aromatic rings. The third-order valence-electron chi connectivity index (χ3n) is 4.91. The molecule has 0 aliphatic carbocycles. The summed E-state index contributed by atoms with van der Waals surface area (Å²) in [5, 5.41) is 9.66. The summed E-state index contributed by atoms with van der Waals surface area (Å²) in [5.74, 6) is -2.69. The maximum atomic E-state index is 13.1. The Balaban J connectivity index is 1.85. The van der Waals surface area contributed by atoms with Gasteiger partial charge in [0.25, 0.3) is 0 Å². The van der Waals surface area contributed by atoms with Gasteiger partial charge >= 0.3 is 11.9 Å². The van der Waals surface area contributed by atoms with Crippen molar-refractivity contribution in [1.82, 2.24) is 4.90 Å². The number of rotatable bonds is 6. The van der Waals surface area contributed by atoms with Crippen molar-refractivity contribution < 1.29 is 28.4 Å². The number of ether oxygens (including phenoxy) is 1. The molecule has 1 amide bonds. The van der Waals surface area contributed by atoms with Crippen LogP contribution in [0.4, 0.5) is 0 Å². The number of carboxylic acid groups (broad SMARTS) is 1. The number of carboxylic acids is 1. The Kier molecular flexibility index (Phi) is 5.39. The molecule has 1 N–H and O–H groups in total. The first kappa shape index (κ1) is 19.6. The van der Waals surface area contributed by atoms with Gasteiger partial charge in [-0.3, -0.25) is 9.00 Å². The molecular weight excluding hydrogens is 394 g/mol. The Bertz CT molecular complexity index is 828. The van der Waals surface area contributed by atoms with Crippen LogP contribution in [0.3, 0.4) is 0 Å². The summed E-state index contributed by atoms with van der Waals surface area (Å²) >= 11 is 6.62. The lowest BCUT2D eigenvalue weighted by Crippen LogP contribution is -2.62. The van der Waals surface area contributed by atoms with Gasteiger partial charge < -0.3 is 14.7 Å². The van der Waals surface area contributed by atoms with E-state index in [0.29, 0.717) is 4.90 Å². The number of alkyl halides is 1. The fraction of sp³-hybridized carbons (Fsp3) is 0.389. The molecule has 1 aromatic carbocycles. The van der Waals surface area contributed by atoms with Gasteiger partial charge in [0.1, 0.15) is 0 Å². The van der Waals surface area contributed by atoms with Gasteiger partial charge in [0.2, 0.25) is 5.91 Å². The highest BCUT2D eigenvalue weighted by Gasteiger charge is 2.67. The Morgan fingerprint density at radius 2 is 2.07 bits per heavy atom. The van der Waals surface area contributed by atoms with Gasteiger partial charge in [-0.15, -0.1) is 11.6 Å². The molecule has 2 fully saturated rings. The van der Waals surface area contributed by atoms with E-state index >= 15 is 0 Å². The molecule has 2 heterocycles. The number of methoxy groups -OCH3 is 1. The first-order valence-electron chi connectivity index (χ1n) is 8.26. The van der Waals surface area contributed by atoms with Crippen molar-refractivity contribution in [3.63, 3.8) is 0 Å². The van der Waals surface area contributed by atoms with Crippen LogP contribution in [-0.2, 0) is 29.9 Å². The minimum Gasteiger partial charge on any atom is -0.480 e. The molecule has 5 unspecified atom stereocenters. The van der Waals surface area contributed by atoms with Gasteiger partial charge in [-0.05, 0) is 18.6 Å². The number of β-lactam (4-membered cyclic amide) rings is 1. The number of carbonyl (C=O) groups is 3. The van der Waals surface area contributed by atoms with Gasteiger partial charge in [0.05, 0.1) is 23.8 Å². The standard InChI is InChI=1S/C18H18ClNO6S/c1-26-14(21)9-5-8-12-13-10-18(19,15(17(23)24)20(13)16(12)22)27(25)11-6-3-2-4-7-11/h2-7,9,12-13,15H,8,10H2,1H3,(H,23,24). The van der Waals surface area contributed by atoms with Crippen molar-refractivity contribution in [1.29, 1.82) is 0 Å². The van der Waals surface area contributed by atoms with Crippen LogP contribution >= 0.6 is 11.6 Å². The number of aliphatic carboxylic acids is 1. The van der Waals surface area contributed by atoms with Crippen LogP contribution in [-0.4, -0.2) is 55.5 Å². The molecule has 2 aliphatic heterocycles. The highest BCUT2D eigenvalue weighted by atomic mass is 35.5. The number of fused-ring (bicyclic) bond motifs is 1. The van der Waals surface area contributed by atoms with Crippen LogP contribution in [0.25, 0.3) is 0 Å². The maximum Gasteiger partial charge on any atom is 0.330 e. The Hall–Kier alpha value is -2.19. The van der Waals surface area contributed by atoms with E-state index in [1.54, 1.807) is 30.3 Å². The van der Waals surface area contributed by atoms with E-state index in [-0.39, 0.29) is 18.7 Å². The van der Waals surface area contributed by atoms with Crippen LogP contribution in [0.2, 0.25) is 0 Å². The zero-order chi connectivity index (χ0) is 19.8. The van der Waals surface area contributed by atoms with Crippen LogP contribution in [0.5, 0.6) is 0 Å². The molecule has 0 spiro atoms. The van der Waals surface area contributed by atoms with Crippen LogP contribution in [0.1, 0.15) is 12.8 Å². The van der Waals surface area contributed by atoms with Crippen molar-refractivity contribution in [2.24, 2.45) is 5.92 Å². The Morgan fingerprint density at radius 1 is 1.41 bits per heavy atom. The molecule has 5 atom stereocenters. The number of halogens is 1. The first-order valence-corrected chi connectivity index (χ1v) is 9.79. The lowest BCUT2D eigenvalue weighted by molar-refractivity contribution is -0.163. The van der Waals surface area contributed by atoms with Gasteiger partial charge in [-0.25, -0.2) is 9.59 Å². The minimum absolute atomic E-state index is 0.0928. The smallest absolute Gasteiger partial charge is 0.330 e. The summed E-state index contributed by atoms with van der Waals surface area (Å²) in [5.41, 5.74) is 0. The molecule has 9 heteroatoms. The summed E-state index contributed by atoms with van der Waals surface area (Å²) in [4.78, 5) is 37.1. The summed E-state index contributed by atoms with van der Waals surface area (Å²) in [6.45, 7) is 0. The second-order valence-electron chi connectivity index (χ2n) is 6.39. The Morgan fingerprint density at radius 3 is 2.67 bits per heavy atom. The summed E-state index contributed by atoms with van der Waals surface area (Å²) in [6, 6.07) is 6.56. The van der Waals surface area contributed by atoms with Crippen molar-refractivity contribution in [2.45, 2.75) is 34.0 Å². The average Bonchev–Trinajstić information content (AvgIpc) is 2.95. The number of allylic oxidation sites excluding steroid dienone is 1. The number of hydrogen-bond donors (Lipinski definition) is 1. The number of carbonyl (C=O) groups excluding carboxylic acids is 2. The van der Waals surface area contributed by atoms with Gasteiger partial charge in [-0.1, -0.05) is 24.3 Å². The van der Waals surface area contributed by atoms with E-state index < -0.39 is 44.9 Å². The Labute approximate surface area is 163 Å². The third kappa shape index (κ3) is 3.27. The van der Waals surface area contributed by atoms with Crippen LogP contribution < -0.4 is 0 Å². The van der Waals surface area contributed by atoms with Gasteiger partial charge in [-0.2, -0.15) is 0 Å². The quantitative estimate of drug-likeness (QED) is 0.330. The van der Waals surface area contributed by atoms with Crippen molar-refractivity contribution in [3.05, 3.63) is 42.5 Å². The van der Waals surface area contributed by atoms with Crippen molar-refractivity contribution >= 4 is 40.2 Å².